The average Bonchev–Trinajstić information content (AvgIpc) is 3.13. The molecule has 2 heterocycles. The van der Waals surface area contributed by atoms with Crippen LogP contribution in [0, 0.1) is 0 Å². The normalized spacial score (nSPS) is 13.0. The first-order valence-corrected chi connectivity index (χ1v) is 7.67. The Hall–Kier alpha value is -2.83. The largest absolute Gasteiger partial charge is 0.493 e. The number of anilines is 1. The van der Waals surface area contributed by atoms with E-state index in [1.54, 1.807) is 21.3 Å². The highest BCUT2D eigenvalue weighted by atomic mass is 16.5. The van der Waals surface area contributed by atoms with Crippen LogP contribution in [0.4, 0.5) is 5.82 Å². The van der Waals surface area contributed by atoms with Crippen LogP contribution in [0.15, 0.2) is 29.2 Å². The van der Waals surface area contributed by atoms with Crippen molar-refractivity contribution in [2.75, 3.05) is 33.2 Å². The number of nitrogens with one attached hydrogen (secondary N) is 1. The second kappa shape index (κ2) is 7.16. The van der Waals surface area contributed by atoms with Crippen LogP contribution in [0.1, 0.15) is 12.8 Å². The fourth-order valence-corrected chi connectivity index (χ4v) is 2.69. The van der Waals surface area contributed by atoms with E-state index >= 15 is 0 Å². The monoisotopic (exact) mass is 328 g/mol. The molecule has 24 heavy (non-hydrogen) atoms. The van der Waals surface area contributed by atoms with Gasteiger partial charge in [0.05, 0.1) is 26.7 Å². The van der Waals surface area contributed by atoms with Gasteiger partial charge in [-0.15, -0.1) is 0 Å². The van der Waals surface area contributed by atoms with Gasteiger partial charge in [-0.2, -0.15) is 0 Å². The van der Waals surface area contributed by atoms with Gasteiger partial charge in [-0.3, -0.25) is 4.99 Å². The third kappa shape index (κ3) is 2.97. The molecule has 1 aromatic heterocycles. The van der Waals surface area contributed by atoms with Gasteiger partial charge in [0, 0.05) is 31.3 Å². The van der Waals surface area contributed by atoms with Gasteiger partial charge in [0.25, 0.3) is 0 Å². The molecule has 0 fully saturated rings. The zero-order valence-electron chi connectivity index (χ0n) is 14.0. The number of rotatable bonds is 7. The second-order valence-electron chi connectivity index (χ2n) is 5.18. The van der Waals surface area contributed by atoms with Crippen molar-refractivity contribution in [3.63, 3.8) is 0 Å². The molecule has 1 aliphatic rings. The Morgan fingerprint density at radius 2 is 1.92 bits per heavy atom. The molecular formula is C17H20N4O3. The minimum Gasteiger partial charge on any atom is -0.493 e. The van der Waals surface area contributed by atoms with E-state index in [4.69, 9.17) is 14.2 Å². The zero-order valence-corrected chi connectivity index (χ0v) is 14.0. The second-order valence-corrected chi connectivity index (χ2v) is 5.18. The molecule has 0 bridgehead atoms. The van der Waals surface area contributed by atoms with E-state index in [0.29, 0.717) is 22.8 Å². The fraction of sp³-hybridized carbons (Fsp3) is 0.353. The highest BCUT2D eigenvalue weighted by Crippen LogP contribution is 2.43. The summed E-state index contributed by atoms with van der Waals surface area (Å²) >= 11 is 0. The van der Waals surface area contributed by atoms with Gasteiger partial charge in [0.1, 0.15) is 17.7 Å². The maximum Gasteiger partial charge on any atom is 0.205 e. The number of methoxy groups -OCH3 is 3. The Labute approximate surface area is 140 Å². The molecule has 126 valence electrons. The van der Waals surface area contributed by atoms with Crippen LogP contribution in [0.3, 0.4) is 0 Å². The first-order valence-electron chi connectivity index (χ1n) is 7.67. The molecule has 3 rings (SSSR count). The zero-order chi connectivity index (χ0) is 16.9. The van der Waals surface area contributed by atoms with Crippen molar-refractivity contribution in [3.05, 3.63) is 24.2 Å². The molecule has 1 aliphatic heterocycles. The highest BCUT2D eigenvalue weighted by molar-refractivity contribution is 5.96. The van der Waals surface area contributed by atoms with Gasteiger partial charge < -0.3 is 19.5 Å². The van der Waals surface area contributed by atoms with Crippen molar-refractivity contribution < 1.29 is 14.2 Å². The van der Waals surface area contributed by atoms with Gasteiger partial charge in [-0.05, 0) is 6.07 Å². The molecule has 0 unspecified atom stereocenters. The summed E-state index contributed by atoms with van der Waals surface area (Å²) in [6.07, 6.45) is 7.30. The standard InChI is InChI=1S/C17H20N4O3/c1-22-13-9-12-14(16(24-3)15(13)23-2)20-10-21-17(12)19-8-6-11-5-4-7-18-11/h5,7,9-10H,4,6,8H2,1-3H3,(H,19,20,21). The molecule has 0 spiro atoms. The van der Waals surface area contributed by atoms with Crippen LogP contribution < -0.4 is 19.5 Å². The average molecular weight is 328 g/mol. The molecular weight excluding hydrogens is 308 g/mol. The molecule has 0 saturated carbocycles. The quantitative estimate of drug-likeness (QED) is 0.842. The van der Waals surface area contributed by atoms with Gasteiger partial charge in [0.15, 0.2) is 11.5 Å². The van der Waals surface area contributed by atoms with Crippen molar-refractivity contribution in [2.24, 2.45) is 4.99 Å². The fourth-order valence-electron chi connectivity index (χ4n) is 2.69. The van der Waals surface area contributed by atoms with E-state index in [0.717, 1.165) is 36.3 Å². The molecule has 0 aliphatic carbocycles. The summed E-state index contributed by atoms with van der Waals surface area (Å²) in [5, 5.41) is 4.15. The Balaban J connectivity index is 1.94. The van der Waals surface area contributed by atoms with Gasteiger partial charge in [0.2, 0.25) is 5.75 Å². The molecule has 0 amide bonds. The number of hydrogen-bond acceptors (Lipinski definition) is 7. The molecule has 1 aromatic carbocycles. The summed E-state index contributed by atoms with van der Waals surface area (Å²) in [7, 11) is 4.74. The molecule has 2 aromatic rings. The van der Waals surface area contributed by atoms with Crippen LogP contribution in [0.5, 0.6) is 17.2 Å². The van der Waals surface area contributed by atoms with Crippen molar-refractivity contribution in [3.8, 4) is 17.2 Å². The molecule has 7 heteroatoms. The van der Waals surface area contributed by atoms with Crippen LogP contribution in [0.2, 0.25) is 0 Å². The molecule has 0 saturated heterocycles. The number of ether oxygens (including phenoxy) is 3. The lowest BCUT2D eigenvalue weighted by atomic mass is 10.1. The summed E-state index contributed by atoms with van der Waals surface area (Å²) in [6.45, 7) is 0.728. The van der Waals surface area contributed by atoms with Crippen LogP contribution >= 0.6 is 0 Å². The number of aromatic nitrogens is 2. The first kappa shape index (κ1) is 16.0. The van der Waals surface area contributed by atoms with Crippen molar-refractivity contribution in [1.29, 1.82) is 0 Å². The third-order valence-corrected chi connectivity index (χ3v) is 3.82. The number of nitrogens with zero attached hydrogens (tertiary/aromatic N) is 3. The molecule has 7 nitrogen and oxygen atoms in total. The number of hydrogen-bond donors (Lipinski definition) is 1. The third-order valence-electron chi connectivity index (χ3n) is 3.82. The maximum absolute atomic E-state index is 5.48. The lowest BCUT2D eigenvalue weighted by molar-refractivity contribution is 0.327. The van der Waals surface area contributed by atoms with Crippen molar-refractivity contribution in [2.45, 2.75) is 12.8 Å². The van der Waals surface area contributed by atoms with Crippen LogP contribution in [0.25, 0.3) is 10.9 Å². The minimum absolute atomic E-state index is 0.516. The van der Waals surface area contributed by atoms with Gasteiger partial charge in [-0.1, -0.05) is 6.08 Å². The smallest absolute Gasteiger partial charge is 0.205 e. The summed E-state index contributed by atoms with van der Waals surface area (Å²) in [6, 6.07) is 1.85. The van der Waals surface area contributed by atoms with E-state index in [9.17, 15) is 0 Å². The SMILES string of the molecule is COc1cc2c(NCCC3=CCC=N3)ncnc2c(OC)c1OC. The number of benzene rings is 1. The van der Waals surface area contributed by atoms with Gasteiger partial charge in [-0.25, -0.2) is 9.97 Å². The number of aliphatic imine (C=N–C) groups is 1. The van der Waals surface area contributed by atoms with Gasteiger partial charge >= 0.3 is 0 Å². The van der Waals surface area contributed by atoms with E-state index in [1.807, 2.05) is 12.3 Å². The molecule has 0 radical (unpaired) electrons. The Morgan fingerprint density at radius 1 is 1.08 bits per heavy atom. The van der Waals surface area contributed by atoms with E-state index in [1.165, 1.54) is 6.33 Å². The summed E-state index contributed by atoms with van der Waals surface area (Å²) < 4.78 is 16.3. The van der Waals surface area contributed by atoms with Crippen molar-refractivity contribution >= 4 is 22.9 Å². The summed E-state index contributed by atoms with van der Waals surface area (Å²) in [5.41, 5.74) is 1.77. The Kier molecular flexibility index (Phi) is 4.79. The first-order chi connectivity index (χ1) is 11.8. The maximum atomic E-state index is 5.48. The minimum atomic E-state index is 0.516. The highest BCUT2D eigenvalue weighted by Gasteiger charge is 2.19. The number of allylic oxidation sites excluding steroid dienone is 1. The van der Waals surface area contributed by atoms with Crippen LogP contribution in [-0.2, 0) is 0 Å². The molecule has 0 atom stereocenters. The van der Waals surface area contributed by atoms with E-state index < -0.39 is 0 Å². The lowest BCUT2D eigenvalue weighted by Crippen LogP contribution is -2.06. The predicted molar refractivity (Wildman–Crippen MR) is 93.5 cm³/mol. The van der Waals surface area contributed by atoms with Crippen LogP contribution in [-0.4, -0.2) is 44.1 Å². The van der Waals surface area contributed by atoms with E-state index in [-0.39, 0.29) is 0 Å². The van der Waals surface area contributed by atoms with Crippen molar-refractivity contribution in [1.82, 2.24) is 9.97 Å². The Bertz CT molecular complexity index is 802. The Morgan fingerprint density at radius 3 is 2.58 bits per heavy atom. The number of fused-ring (bicyclic) bond motifs is 1. The summed E-state index contributed by atoms with van der Waals surface area (Å²) in [4.78, 5) is 13.0. The molecule has 1 N–H and O–H groups in total. The summed E-state index contributed by atoms with van der Waals surface area (Å²) in [5.74, 6) is 2.34. The lowest BCUT2D eigenvalue weighted by Gasteiger charge is -2.15. The topological polar surface area (TPSA) is 77.9 Å². The van der Waals surface area contributed by atoms with E-state index in [2.05, 4.69) is 26.4 Å². The predicted octanol–water partition coefficient (Wildman–Crippen LogP) is 2.82.